The van der Waals surface area contributed by atoms with E-state index in [4.69, 9.17) is 21.1 Å². The monoisotopic (exact) mass is 449 g/mol. The van der Waals surface area contributed by atoms with Crippen LogP contribution in [-0.4, -0.2) is 25.0 Å². The fraction of sp³-hybridized carbons (Fsp3) is 0.407. The number of carbonyl (C=O) groups is 1. The van der Waals surface area contributed by atoms with Gasteiger partial charge in [0.15, 0.2) is 11.5 Å². The van der Waals surface area contributed by atoms with Crippen molar-refractivity contribution >= 4 is 28.3 Å². The Labute approximate surface area is 193 Å². The highest BCUT2D eigenvalue weighted by atomic mass is 35.5. The van der Waals surface area contributed by atoms with Crippen LogP contribution in [0.4, 0.5) is 0 Å². The van der Waals surface area contributed by atoms with Crippen molar-refractivity contribution in [3.63, 3.8) is 0 Å². The van der Waals surface area contributed by atoms with Crippen LogP contribution in [0.2, 0.25) is 5.02 Å². The second kappa shape index (κ2) is 8.40. The van der Waals surface area contributed by atoms with Gasteiger partial charge in [0.2, 0.25) is 0 Å². The lowest BCUT2D eigenvalue weighted by Gasteiger charge is -2.30. The van der Waals surface area contributed by atoms with E-state index in [1.807, 2.05) is 36.5 Å². The summed E-state index contributed by atoms with van der Waals surface area (Å²) in [7, 11) is 3.31. The molecule has 0 radical (unpaired) electrons. The average molecular weight is 450 g/mol. The number of carbonyl (C=O) groups excluding carboxylic acids is 1. The van der Waals surface area contributed by atoms with Crippen LogP contribution in [0.3, 0.4) is 0 Å². The van der Waals surface area contributed by atoms with Gasteiger partial charge in [0, 0.05) is 35.0 Å². The normalized spacial score (nSPS) is 24.5. The summed E-state index contributed by atoms with van der Waals surface area (Å²) >= 11 is 5.97. The SMILES string of the molecule is COc1cc2nccc(C3CCC4(CC3)CC4C(=O)Cc3ccc(Cl)cc3)c2cc1OC. The van der Waals surface area contributed by atoms with Gasteiger partial charge in [-0.25, -0.2) is 0 Å². The Morgan fingerprint density at radius 1 is 1.06 bits per heavy atom. The molecule has 166 valence electrons. The molecule has 3 aromatic rings. The summed E-state index contributed by atoms with van der Waals surface area (Å²) in [5, 5.41) is 1.85. The standard InChI is InChI=1S/C27H28ClNO3/c1-31-25-14-21-20(9-12-29-23(21)15-26(25)32-2)18-7-10-27(11-8-18)16-22(27)24(30)13-17-3-5-19(28)6-4-17/h3-6,9,12,14-15,18,22H,7-8,10-11,13,16H2,1-2H3. The van der Waals surface area contributed by atoms with Crippen molar-refractivity contribution < 1.29 is 14.3 Å². The molecule has 2 aliphatic carbocycles. The van der Waals surface area contributed by atoms with E-state index in [0.29, 0.717) is 28.9 Å². The van der Waals surface area contributed by atoms with Crippen LogP contribution in [0.1, 0.15) is 49.1 Å². The fourth-order valence-corrected chi connectivity index (χ4v) is 5.76. The van der Waals surface area contributed by atoms with Crippen molar-refractivity contribution in [3.8, 4) is 11.5 Å². The molecule has 1 spiro atoms. The van der Waals surface area contributed by atoms with Crippen molar-refractivity contribution in [2.75, 3.05) is 14.2 Å². The van der Waals surface area contributed by atoms with Crippen LogP contribution in [0.15, 0.2) is 48.7 Å². The molecule has 2 fully saturated rings. The third kappa shape index (κ3) is 3.86. The van der Waals surface area contributed by atoms with Gasteiger partial charge in [-0.2, -0.15) is 0 Å². The number of Topliss-reactive ketones (excluding diaryl/α,β-unsaturated/α-hetero) is 1. The fourth-order valence-electron chi connectivity index (χ4n) is 5.64. The minimum absolute atomic E-state index is 0.220. The lowest BCUT2D eigenvalue weighted by Crippen LogP contribution is -2.20. The van der Waals surface area contributed by atoms with E-state index in [0.717, 1.165) is 54.3 Å². The third-order valence-corrected chi connectivity index (χ3v) is 7.82. The molecule has 2 saturated carbocycles. The molecular formula is C27H28ClNO3. The molecule has 2 aliphatic rings. The number of halogens is 1. The molecule has 0 amide bonds. The second-order valence-electron chi connectivity index (χ2n) is 9.29. The van der Waals surface area contributed by atoms with Gasteiger partial charge < -0.3 is 9.47 Å². The molecule has 1 unspecified atom stereocenters. The smallest absolute Gasteiger partial charge is 0.162 e. The first-order valence-electron chi connectivity index (χ1n) is 11.3. The quantitative estimate of drug-likeness (QED) is 0.438. The molecule has 0 aliphatic heterocycles. The van der Waals surface area contributed by atoms with Crippen molar-refractivity contribution in [2.45, 2.75) is 44.4 Å². The van der Waals surface area contributed by atoms with Crippen molar-refractivity contribution in [3.05, 3.63) is 64.8 Å². The summed E-state index contributed by atoms with van der Waals surface area (Å²) < 4.78 is 11.0. The number of rotatable bonds is 6. The lowest BCUT2D eigenvalue weighted by molar-refractivity contribution is -0.120. The van der Waals surface area contributed by atoms with E-state index >= 15 is 0 Å². The van der Waals surface area contributed by atoms with Crippen LogP contribution in [0.25, 0.3) is 10.9 Å². The highest BCUT2D eigenvalue weighted by Gasteiger charge is 2.57. The number of hydrogen-bond donors (Lipinski definition) is 0. The topological polar surface area (TPSA) is 48.4 Å². The Balaban J connectivity index is 1.29. The van der Waals surface area contributed by atoms with E-state index in [9.17, 15) is 4.79 Å². The van der Waals surface area contributed by atoms with Gasteiger partial charge in [-0.1, -0.05) is 23.7 Å². The van der Waals surface area contributed by atoms with Gasteiger partial charge in [0.05, 0.1) is 19.7 Å². The summed E-state index contributed by atoms with van der Waals surface area (Å²) in [6, 6.07) is 13.8. The first-order chi connectivity index (χ1) is 15.5. The Morgan fingerprint density at radius 2 is 1.75 bits per heavy atom. The summed E-state index contributed by atoms with van der Waals surface area (Å²) in [5.41, 5.74) is 3.55. The maximum absolute atomic E-state index is 12.9. The van der Waals surface area contributed by atoms with Crippen molar-refractivity contribution in [1.29, 1.82) is 0 Å². The van der Waals surface area contributed by atoms with E-state index in [1.54, 1.807) is 14.2 Å². The number of fused-ring (bicyclic) bond motifs is 1. The molecule has 1 heterocycles. The third-order valence-electron chi connectivity index (χ3n) is 7.57. The number of nitrogens with zero attached hydrogens (tertiary/aromatic N) is 1. The summed E-state index contributed by atoms with van der Waals surface area (Å²) in [5.74, 6) is 2.52. The number of ketones is 1. The zero-order valence-corrected chi connectivity index (χ0v) is 19.3. The van der Waals surface area contributed by atoms with E-state index in [-0.39, 0.29) is 11.3 Å². The molecule has 32 heavy (non-hydrogen) atoms. The Bertz CT molecular complexity index is 1150. The number of ether oxygens (including phenoxy) is 2. The predicted octanol–water partition coefficient (Wildman–Crippen LogP) is 6.38. The molecular weight excluding hydrogens is 422 g/mol. The molecule has 0 saturated heterocycles. The average Bonchev–Trinajstić information content (AvgIpc) is 3.53. The Kier molecular flexibility index (Phi) is 5.58. The largest absolute Gasteiger partial charge is 0.493 e. The maximum Gasteiger partial charge on any atom is 0.162 e. The summed E-state index contributed by atoms with van der Waals surface area (Å²) in [6.07, 6.45) is 7.91. The molecule has 5 rings (SSSR count). The van der Waals surface area contributed by atoms with Gasteiger partial charge in [0.1, 0.15) is 5.78 Å². The maximum atomic E-state index is 12.9. The first-order valence-corrected chi connectivity index (χ1v) is 11.7. The van der Waals surface area contributed by atoms with Gasteiger partial charge in [-0.15, -0.1) is 0 Å². The molecule has 0 N–H and O–H groups in total. The highest BCUT2D eigenvalue weighted by molar-refractivity contribution is 6.30. The summed E-state index contributed by atoms with van der Waals surface area (Å²) in [4.78, 5) is 17.5. The van der Waals surface area contributed by atoms with Crippen LogP contribution in [0, 0.1) is 11.3 Å². The zero-order valence-electron chi connectivity index (χ0n) is 18.6. The number of aromatic nitrogens is 1. The minimum atomic E-state index is 0.220. The molecule has 4 nitrogen and oxygen atoms in total. The number of pyridine rings is 1. The van der Waals surface area contributed by atoms with Gasteiger partial charge >= 0.3 is 0 Å². The van der Waals surface area contributed by atoms with Gasteiger partial charge in [-0.05, 0) is 78.8 Å². The lowest BCUT2D eigenvalue weighted by atomic mass is 9.74. The van der Waals surface area contributed by atoms with Gasteiger partial charge in [-0.3, -0.25) is 9.78 Å². The molecule has 2 aromatic carbocycles. The van der Waals surface area contributed by atoms with Crippen LogP contribution in [0.5, 0.6) is 11.5 Å². The van der Waals surface area contributed by atoms with Crippen LogP contribution < -0.4 is 9.47 Å². The van der Waals surface area contributed by atoms with E-state index in [2.05, 4.69) is 17.1 Å². The zero-order chi connectivity index (χ0) is 22.3. The van der Waals surface area contributed by atoms with Crippen LogP contribution >= 0.6 is 11.6 Å². The Morgan fingerprint density at radius 3 is 2.44 bits per heavy atom. The summed E-state index contributed by atoms with van der Waals surface area (Å²) in [6.45, 7) is 0. The number of hydrogen-bond acceptors (Lipinski definition) is 4. The van der Waals surface area contributed by atoms with E-state index in [1.165, 1.54) is 5.56 Å². The van der Waals surface area contributed by atoms with Crippen molar-refractivity contribution in [1.82, 2.24) is 4.98 Å². The predicted molar refractivity (Wildman–Crippen MR) is 127 cm³/mol. The van der Waals surface area contributed by atoms with Crippen LogP contribution in [-0.2, 0) is 11.2 Å². The minimum Gasteiger partial charge on any atom is -0.493 e. The number of benzene rings is 2. The molecule has 0 bridgehead atoms. The van der Waals surface area contributed by atoms with Gasteiger partial charge in [0.25, 0.3) is 0 Å². The van der Waals surface area contributed by atoms with E-state index < -0.39 is 0 Å². The molecule has 1 atom stereocenters. The second-order valence-corrected chi connectivity index (χ2v) is 9.72. The van der Waals surface area contributed by atoms with Crippen molar-refractivity contribution in [2.24, 2.45) is 11.3 Å². The highest BCUT2D eigenvalue weighted by Crippen LogP contribution is 2.63. The first kappa shape index (κ1) is 21.3. The molecule has 5 heteroatoms. The molecule has 1 aromatic heterocycles. The number of methoxy groups -OCH3 is 2. The Hall–Kier alpha value is -2.59.